The van der Waals surface area contributed by atoms with Crippen LogP contribution in [-0.4, -0.2) is 17.6 Å². The van der Waals surface area contributed by atoms with Crippen molar-refractivity contribution in [2.75, 3.05) is 0 Å². The van der Waals surface area contributed by atoms with Gasteiger partial charge in [0.1, 0.15) is 5.76 Å². The summed E-state index contributed by atoms with van der Waals surface area (Å²) in [7, 11) is 0. The number of ether oxygens (including phenoxy) is 1. The van der Waals surface area contributed by atoms with Crippen LogP contribution < -0.4 is 10.1 Å². The largest absolute Gasteiger partial charge is 0.573 e. The van der Waals surface area contributed by atoms with E-state index in [1.54, 1.807) is 0 Å². The first kappa shape index (κ1) is 14.5. The molecule has 0 radical (unpaired) electrons. The smallest absolute Gasteiger partial charge is 0.465 e. The van der Waals surface area contributed by atoms with Crippen LogP contribution in [0.1, 0.15) is 5.76 Å². The predicted octanol–water partition coefficient (Wildman–Crippen LogP) is 3.86. The fourth-order valence-corrected chi connectivity index (χ4v) is 2.04. The number of hydrogen-bond acceptors (Lipinski definition) is 3. The van der Waals surface area contributed by atoms with Crippen molar-refractivity contribution in [3.8, 4) is 5.75 Å². The summed E-state index contributed by atoms with van der Waals surface area (Å²) in [5.74, 6) is -0.323. The number of hydrogen-bond donors (Lipinski definition) is 2. The van der Waals surface area contributed by atoms with Crippen LogP contribution in [-0.2, 0) is 6.54 Å². The van der Waals surface area contributed by atoms with Gasteiger partial charge in [-0.2, -0.15) is 0 Å². The summed E-state index contributed by atoms with van der Waals surface area (Å²) in [6.45, 7) is -0.160. The highest BCUT2D eigenvalue weighted by Crippen LogP contribution is 2.35. The van der Waals surface area contributed by atoms with Crippen LogP contribution in [0.15, 0.2) is 27.1 Å². The van der Waals surface area contributed by atoms with E-state index in [0.29, 0.717) is 9.86 Å². The van der Waals surface area contributed by atoms with Gasteiger partial charge >= 0.3 is 12.5 Å². The molecule has 1 amide bonds. The first-order valence-electron chi connectivity index (χ1n) is 5.19. The molecule has 1 heterocycles. The molecule has 0 aliphatic carbocycles. The Balaban J connectivity index is 2.39. The number of amides is 1. The van der Waals surface area contributed by atoms with Crippen molar-refractivity contribution in [3.63, 3.8) is 0 Å². The molecule has 108 valence electrons. The number of carboxylic acid groups (broad SMARTS) is 1. The Labute approximate surface area is 118 Å². The molecule has 9 heteroatoms. The Morgan fingerprint density at radius 3 is 2.70 bits per heavy atom. The molecule has 0 aliphatic heterocycles. The Kier molecular flexibility index (Phi) is 3.80. The van der Waals surface area contributed by atoms with Crippen LogP contribution in [0.25, 0.3) is 11.0 Å². The fourth-order valence-electron chi connectivity index (χ4n) is 1.59. The fraction of sp³-hybridized carbons (Fsp3) is 0.182. The summed E-state index contributed by atoms with van der Waals surface area (Å²) in [5, 5.41) is 10.9. The number of benzene rings is 1. The minimum absolute atomic E-state index is 0.104. The number of furan rings is 1. The van der Waals surface area contributed by atoms with Gasteiger partial charge in [-0.1, -0.05) is 15.9 Å². The molecule has 0 atom stereocenters. The minimum atomic E-state index is -4.85. The summed E-state index contributed by atoms with van der Waals surface area (Å²) < 4.78 is 46.3. The molecule has 0 saturated heterocycles. The second-order valence-corrected chi connectivity index (χ2v) is 4.66. The predicted molar refractivity (Wildman–Crippen MR) is 65.5 cm³/mol. The third kappa shape index (κ3) is 3.56. The van der Waals surface area contributed by atoms with E-state index in [0.717, 1.165) is 6.07 Å². The lowest BCUT2D eigenvalue weighted by atomic mass is 10.2. The highest BCUT2D eigenvalue weighted by molar-refractivity contribution is 9.10. The van der Waals surface area contributed by atoms with Gasteiger partial charge in [-0.25, -0.2) is 4.79 Å². The average Bonchev–Trinajstić information content (AvgIpc) is 2.67. The number of fused-ring (bicyclic) bond motifs is 1. The van der Waals surface area contributed by atoms with Crippen molar-refractivity contribution in [3.05, 3.63) is 28.4 Å². The molecule has 2 rings (SSSR count). The van der Waals surface area contributed by atoms with Gasteiger partial charge in [0.25, 0.3) is 0 Å². The van der Waals surface area contributed by atoms with Crippen molar-refractivity contribution >= 4 is 33.0 Å². The van der Waals surface area contributed by atoms with Gasteiger partial charge in [0.2, 0.25) is 0 Å². The summed E-state index contributed by atoms with van der Waals surface area (Å²) in [4.78, 5) is 10.4. The van der Waals surface area contributed by atoms with E-state index in [2.05, 4.69) is 26.0 Å². The van der Waals surface area contributed by atoms with Crippen LogP contribution in [0.4, 0.5) is 18.0 Å². The zero-order valence-corrected chi connectivity index (χ0v) is 11.2. The van der Waals surface area contributed by atoms with Crippen molar-refractivity contribution in [2.24, 2.45) is 0 Å². The SMILES string of the molecule is O=C(O)NCc1cc2cc(Br)cc(OC(F)(F)F)c2o1. The van der Waals surface area contributed by atoms with Crippen LogP contribution in [0.5, 0.6) is 5.75 Å². The molecule has 2 N–H and O–H groups in total. The lowest BCUT2D eigenvalue weighted by Gasteiger charge is -2.09. The highest BCUT2D eigenvalue weighted by atomic mass is 79.9. The van der Waals surface area contributed by atoms with Crippen molar-refractivity contribution < 1.29 is 32.2 Å². The molecular formula is C11H7BrF3NO4. The standard InChI is InChI=1S/C11H7BrF3NO4/c12-6-1-5-2-7(4-16-10(17)18)19-9(5)8(3-6)20-11(13,14)15/h1-3,16H,4H2,(H,17,18). The zero-order valence-electron chi connectivity index (χ0n) is 9.62. The number of nitrogens with one attached hydrogen (secondary N) is 1. The summed E-state index contributed by atoms with van der Waals surface area (Å²) in [6, 6.07) is 4.08. The third-order valence-electron chi connectivity index (χ3n) is 2.24. The molecule has 1 aromatic heterocycles. The van der Waals surface area contributed by atoms with E-state index in [4.69, 9.17) is 9.52 Å². The number of alkyl halides is 3. The second-order valence-electron chi connectivity index (χ2n) is 3.74. The first-order valence-corrected chi connectivity index (χ1v) is 5.98. The lowest BCUT2D eigenvalue weighted by molar-refractivity contribution is -0.274. The van der Waals surface area contributed by atoms with E-state index < -0.39 is 18.2 Å². The van der Waals surface area contributed by atoms with Gasteiger partial charge in [0.15, 0.2) is 11.3 Å². The molecule has 0 saturated carbocycles. The van der Waals surface area contributed by atoms with E-state index in [-0.39, 0.29) is 17.9 Å². The maximum absolute atomic E-state index is 12.3. The molecule has 0 unspecified atom stereocenters. The average molecular weight is 354 g/mol. The Bertz CT molecular complexity index is 653. The second kappa shape index (κ2) is 5.23. The minimum Gasteiger partial charge on any atom is -0.465 e. The van der Waals surface area contributed by atoms with Gasteiger partial charge in [0.05, 0.1) is 6.54 Å². The van der Waals surface area contributed by atoms with Crippen LogP contribution in [0, 0.1) is 0 Å². The van der Waals surface area contributed by atoms with Crippen molar-refractivity contribution in [2.45, 2.75) is 12.9 Å². The maximum Gasteiger partial charge on any atom is 0.573 e. The molecule has 0 fully saturated rings. The van der Waals surface area contributed by atoms with E-state index in [1.165, 1.54) is 12.1 Å². The summed E-state index contributed by atoms with van der Waals surface area (Å²) >= 11 is 3.06. The molecule has 0 aliphatic rings. The molecule has 1 aromatic carbocycles. The third-order valence-corrected chi connectivity index (χ3v) is 2.70. The molecular weight excluding hydrogens is 347 g/mol. The van der Waals surface area contributed by atoms with Gasteiger partial charge < -0.3 is 19.6 Å². The van der Waals surface area contributed by atoms with Crippen LogP contribution in [0.3, 0.4) is 0 Å². The molecule has 20 heavy (non-hydrogen) atoms. The van der Waals surface area contributed by atoms with Gasteiger partial charge in [0, 0.05) is 9.86 Å². The molecule has 5 nitrogen and oxygen atoms in total. The van der Waals surface area contributed by atoms with E-state index in [1.807, 2.05) is 0 Å². The quantitative estimate of drug-likeness (QED) is 0.878. The van der Waals surface area contributed by atoms with Gasteiger partial charge in [-0.05, 0) is 18.2 Å². The van der Waals surface area contributed by atoms with Crippen molar-refractivity contribution in [1.82, 2.24) is 5.32 Å². The Hall–Kier alpha value is -1.90. The summed E-state index contributed by atoms with van der Waals surface area (Å²) in [5.41, 5.74) is -0.104. The Morgan fingerprint density at radius 2 is 2.10 bits per heavy atom. The van der Waals surface area contributed by atoms with E-state index in [9.17, 15) is 18.0 Å². The van der Waals surface area contributed by atoms with Gasteiger partial charge in [-0.15, -0.1) is 13.2 Å². The van der Waals surface area contributed by atoms with Crippen LogP contribution >= 0.6 is 15.9 Å². The monoisotopic (exact) mass is 353 g/mol. The maximum atomic E-state index is 12.3. The molecule has 2 aromatic rings. The van der Waals surface area contributed by atoms with E-state index >= 15 is 0 Å². The normalized spacial score (nSPS) is 11.6. The molecule has 0 bridgehead atoms. The van der Waals surface area contributed by atoms with Crippen molar-refractivity contribution in [1.29, 1.82) is 0 Å². The van der Waals surface area contributed by atoms with Gasteiger partial charge in [-0.3, -0.25) is 0 Å². The van der Waals surface area contributed by atoms with Crippen LogP contribution in [0.2, 0.25) is 0 Å². The highest BCUT2D eigenvalue weighted by Gasteiger charge is 2.32. The summed E-state index contributed by atoms with van der Waals surface area (Å²) in [6.07, 6.45) is -6.11. The molecule has 0 spiro atoms. The zero-order chi connectivity index (χ0) is 14.9. The first-order chi connectivity index (χ1) is 9.24. The Morgan fingerprint density at radius 1 is 1.40 bits per heavy atom. The lowest BCUT2D eigenvalue weighted by Crippen LogP contribution is -2.19. The topological polar surface area (TPSA) is 71.7 Å². The number of halogens is 4. The number of carbonyl (C=O) groups is 1. The number of rotatable bonds is 3.